The number of methoxy groups -OCH3 is 1. The molecule has 0 aliphatic rings. The average Bonchev–Trinajstić information content (AvgIpc) is 2.19. The Morgan fingerprint density at radius 3 is 2.50 bits per heavy atom. The van der Waals surface area contributed by atoms with Crippen LogP contribution in [-0.2, 0) is 4.74 Å². The number of benzene rings is 1. The zero-order valence-electron chi connectivity index (χ0n) is 9.16. The highest BCUT2D eigenvalue weighted by Crippen LogP contribution is 2.07. The Kier molecular flexibility index (Phi) is 7.56. The number of hydrogen-bond acceptors (Lipinski definition) is 2. The first-order valence-electron chi connectivity index (χ1n) is 4.71. The van der Waals surface area contributed by atoms with Crippen molar-refractivity contribution in [1.29, 1.82) is 0 Å². The molecule has 0 aromatic heterocycles. The number of hydrogen-bond donors (Lipinski definition) is 1. The largest absolute Gasteiger partial charge is 0.399 e. The summed E-state index contributed by atoms with van der Waals surface area (Å²) in [6.45, 7) is 4.77. The minimum absolute atomic E-state index is 0.815. The molecule has 1 aromatic rings. The number of ether oxygens (including phenoxy) is 1. The van der Waals surface area contributed by atoms with Crippen LogP contribution in [-0.4, -0.2) is 13.7 Å². The third kappa shape index (κ3) is 6.26. The van der Waals surface area contributed by atoms with Crippen LogP contribution < -0.4 is 5.73 Å². The van der Waals surface area contributed by atoms with Crippen LogP contribution in [0.3, 0.4) is 0 Å². The summed E-state index contributed by atoms with van der Waals surface area (Å²) < 4.78 is 4.54. The molecule has 0 radical (unpaired) electrons. The second-order valence-electron chi connectivity index (χ2n) is 2.75. The van der Waals surface area contributed by atoms with E-state index in [0.29, 0.717) is 0 Å². The molecule has 78 valence electrons. The Bertz CT molecular complexity index is 267. The maximum absolute atomic E-state index is 5.55. The van der Waals surface area contributed by atoms with Crippen molar-refractivity contribution in [3.63, 3.8) is 0 Å². The van der Waals surface area contributed by atoms with Crippen LogP contribution >= 0.6 is 0 Å². The molecule has 0 unspecified atom stereocenters. The van der Waals surface area contributed by atoms with Crippen molar-refractivity contribution in [3.8, 4) is 0 Å². The van der Waals surface area contributed by atoms with Gasteiger partial charge in [0.15, 0.2) is 0 Å². The molecule has 1 aromatic carbocycles. The van der Waals surface area contributed by atoms with E-state index >= 15 is 0 Å². The maximum atomic E-state index is 5.55. The van der Waals surface area contributed by atoms with Crippen LogP contribution in [0.5, 0.6) is 0 Å². The number of rotatable bonds is 2. The monoisotopic (exact) mass is 193 g/mol. The molecule has 2 nitrogen and oxygen atoms in total. The number of nitrogens with two attached hydrogens (primary N) is 1. The number of allylic oxidation sites excluding steroid dienone is 1. The summed E-state index contributed by atoms with van der Waals surface area (Å²) in [4.78, 5) is 0. The van der Waals surface area contributed by atoms with Gasteiger partial charge in [0.25, 0.3) is 0 Å². The van der Waals surface area contributed by atoms with Gasteiger partial charge in [0.1, 0.15) is 0 Å². The van der Waals surface area contributed by atoms with Gasteiger partial charge in [-0.15, -0.1) is 0 Å². The van der Waals surface area contributed by atoms with E-state index in [2.05, 4.69) is 4.74 Å². The molecule has 0 heterocycles. The molecule has 0 atom stereocenters. The van der Waals surface area contributed by atoms with Gasteiger partial charge in [-0.05, 0) is 31.5 Å². The SMILES string of the molecule is C/C=C/c1cccc(N)c1.CCOC. The molecule has 0 aliphatic carbocycles. The predicted octanol–water partition coefficient (Wildman–Crippen LogP) is 2.95. The van der Waals surface area contributed by atoms with Gasteiger partial charge in [0, 0.05) is 19.4 Å². The summed E-state index contributed by atoms with van der Waals surface area (Å²) in [6, 6.07) is 7.80. The van der Waals surface area contributed by atoms with E-state index in [4.69, 9.17) is 5.73 Å². The lowest BCUT2D eigenvalue weighted by atomic mass is 10.2. The second kappa shape index (κ2) is 8.32. The van der Waals surface area contributed by atoms with Crippen molar-refractivity contribution >= 4 is 11.8 Å². The summed E-state index contributed by atoms with van der Waals surface area (Å²) in [5.41, 5.74) is 7.53. The van der Waals surface area contributed by atoms with E-state index in [0.717, 1.165) is 17.9 Å². The summed E-state index contributed by atoms with van der Waals surface area (Å²) in [5.74, 6) is 0. The molecular weight excluding hydrogens is 174 g/mol. The van der Waals surface area contributed by atoms with E-state index < -0.39 is 0 Å². The molecule has 2 heteroatoms. The average molecular weight is 193 g/mol. The molecule has 0 bridgehead atoms. The van der Waals surface area contributed by atoms with Crippen molar-refractivity contribution in [2.24, 2.45) is 0 Å². The molecular formula is C12H19NO. The molecule has 14 heavy (non-hydrogen) atoms. The lowest BCUT2D eigenvalue weighted by Gasteiger charge is -1.93. The van der Waals surface area contributed by atoms with Crippen LogP contribution in [0.25, 0.3) is 6.08 Å². The van der Waals surface area contributed by atoms with Gasteiger partial charge in [-0.3, -0.25) is 0 Å². The quantitative estimate of drug-likeness (QED) is 0.733. The second-order valence-corrected chi connectivity index (χ2v) is 2.75. The third-order valence-electron chi connectivity index (χ3n) is 1.56. The molecule has 0 amide bonds. The third-order valence-corrected chi connectivity index (χ3v) is 1.56. The lowest BCUT2D eigenvalue weighted by Crippen LogP contribution is -1.83. The van der Waals surface area contributed by atoms with Crippen molar-refractivity contribution < 1.29 is 4.74 Å². The standard InChI is InChI=1S/C9H11N.C3H8O/c1-2-4-8-5-3-6-9(10)7-8;1-3-4-2/h2-7H,10H2,1H3;3H2,1-2H3/b4-2+;. The van der Waals surface area contributed by atoms with Gasteiger partial charge < -0.3 is 10.5 Å². The molecule has 0 saturated carbocycles. The van der Waals surface area contributed by atoms with Gasteiger partial charge >= 0.3 is 0 Å². The summed E-state index contributed by atoms with van der Waals surface area (Å²) in [7, 11) is 1.68. The Morgan fingerprint density at radius 2 is 2.07 bits per heavy atom. The van der Waals surface area contributed by atoms with E-state index in [1.54, 1.807) is 7.11 Å². The van der Waals surface area contributed by atoms with Crippen molar-refractivity contribution in [2.75, 3.05) is 19.5 Å². The van der Waals surface area contributed by atoms with Crippen LogP contribution in [0.15, 0.2) is 30.3 Å². The Morgan fingerprint density at radius 1 is 1.43 bits per heavy atom. The van der Waals surface area contributed by atoms with Crippen LogP contribution in [0.4, 0.5) is 5.69 Å². The Labute approximate surface area is 86.4 Å². The molecule has 0 spiro atoms. The van der Waals surface area contributed by atoms with Crippen LogP contribution in [0.1, 0.15) is 19.4 Å². The van der Waals surface area contributed by atoms with Crippen molar-refractivity contribution in [1.82, 2.24) is 0 Å². The van der Waals surface area contributed by atoms with Gasteiger partial charge in [-0.1, -0.05) is 24.3 Å². The summed E-state index contributed by atoms with van der Waals surface area (Å²) in [5, 5.41) is 0. The smallest absolute Gasteiger partial charge is 0.0433 e. The zero-order valence-corrected chi connectivity index (χ0v) is 9.16. The normalized spacial score (nSPS) is 9.64. The molecule has 1 rings (SSSR count). The van der Waals surface area contributed by atoms with E-state index in [-0.39, 0.29) is 0 Å². The molecule has 2 N–H and O–H groups in total. The first-order chi connectivity index (χ1) is 6.74. The fourth-order valence-electron chi connectivity index (χ4n) is 0.855. The van der Waals surface area contributed by atoms with Crippen molar-refractivity contribution in [3.05, 3.63) is 35.9 Å². The number of nitrogen functional groups attached to an aromatic ring is 1. The van der Waals surface area contributed by atoms with E-state index in [1.807, 2.05) is 50.3 Å². The summed E-state index contributed by atoms with van der Waals surface area (Å²) in [6.07, 6.45) is 4.02. The first-order valence-corrected chi connectivity index (χ1v) is 4.71. The predicted molar refractivity (Wildman–Crippen MR) is 63.1 cm³/mol. The summed E-state index contributed by atoms with van der Waals surface area (Å²) >= 11 is 0. The van der Waals surface area contributed by atoms with Crippen molar-refractivity contribution in [2.45, 2.75) is 13.8 Å². The number of anilines is 1. The van der Waals surface area contributed by atoms with E-state index in [1.165, 1.54) is 0 Å². The zero-order chi connectivity index (χ0) is 10.8. The fourth-order valence-corrected chi connectivity index (χ4v) is 0.855. The molecule has 0 aliphatic heterocycles. The highest BCUT2D eigenvalue weighted by molar-refractivity contribution is 5.55. The van der Waals surface area contributed by atoms with Gasteiger partial charge in [0.2, 0.25) is 0 Å². The Hall–Kier alpha value is -1.28. The maximum Gasteiger partial charge on any atom is 0.0433 e. The van der Waals surface area contributed by atoms with Gasteiger partial charge in [0.05, 0.1) is 0 Å². The van der Waals surface area contributed by atoms with Gasteiger partial charge in [-0.2, -0.15) is 0 Å². The highest BCUT2D eigenvalue weighted by Gasteiger charge is 1.84. The van der Waals surface area contributed by atoms with Crippen LogP contribution in [0, 0.1) is 0 Å². The molecule has 0 saturated heterocycles. The topological polar surface area (TPSA) is 35.2 Å². The van der Waals surface area contributed by atoms with E-state index in [9.17, 15) is 0 Å². The lowest BCUT2D eigenvalue weighted by molar-refractivity contribution is 0.215. The minimum atomic E-state index is 0.815. The van der Waals surface area contributed by atoms with Crippen LogP contribution in [0.2, 0.25) is 0 Å². The first kappa shape index (κ1) is 12.7. The highest BCUT2D eigenvalue weighted by atomic mass is 16.5. The van der Waals surface area contributed by atoms with Gasteiger partial charge in [-0.25, -0.2) is 0 Å². The Balaban J connectivity index is 0.000000364. The molecule has 0 fully saturated rings. The fraction of sp³-hybridized carbons (Fsp3) is 0.333. The minimum Gasteiger partial charge on any atom is -0.399 e.